The number of aliphatic carboxylic acids is 1. The number of hydrogen-bond donors (Lipinski definition) is 1. The number of alkyl halides is 3. The van der Waals surface area contributed by atoms with Gasteiger partial charge < -0.3 is 14.4 Å². The molecule has 29 heavy (non-hydrogen) atoms. The molecule has 3 heterocycles. The number of rotatable bonds is 3. The Morgan fingerprint density at radius 2 is 1.83 bits per heavy atom. The van der Waals surface area contributed by atoms with Gasteiger partial charge in [0.25, 0.3) is 10.0 Å². The van der Waals surface area contributed by atoms with Gasteiger partial charge in [0.05, 0.1) is 19.1 Å². The highest BCUT2D eigenvalue weighted by Crippen LogP contribution is 2.24. The monoisotopic (exact) mass is 437 g/mol. The summed E-state index contributed by atoms with van der Waals surface area (Å²) >= 11 is 0. The van der Waals surface area contributed by atoms with Gasteiger partial charge in [-0.2, -0.15) is 17.5 Å². The van der Waals surface area contributed by atoms with Gasteiger partial charge in [-0.05, 0) is 6.42 Å². The van der Waals surface area contributed by atoms with Crippen molar-refractivity contribution < 1.29 is 36.2 Å². The molecule has 10 nitrogen and oxygen atoms in total. The van der Waals surface area contributed by atoms with Gasteiger partial charge in [-0.3, -0.25) is 0 Å². The smallest absolute Gasteiger partial charge is 0.481 e. The van der Waals surface area contributed by atoms with Gasteiger partial charge >= 0.3 is 12.1 Å². The molecule has 0 spiro atoms. The molecule has 0 unspecified atom stereocenters. The molecule has 0 saturated carbocycles. The second-order valence-electron chi connectivity index (χ2n) is 5.89. The van der Waals surface area contributed by atoms with Crippen molar-refractivity contribution in [3.8, 4) is 5.88 Å². The zero-order valence-electron chi connectivity index (χ0n) is 15.4. The van der Waals surface area contributed by atoms with Crippen LogP contribution in [0.2, 0.25) is 0 Å². The van der Waals surface area contributed by atoms with Crippen molar-refractivity contribution in [1.82, 2.24) is 23.8 Å². The van der Waals surface area contributed by atoms with Gasteiger partial charge in [0.1, 0.15) is 6.33 Å². The number of sulfonamides is 1. The fourth-order valence-corrected chi connectivity index (χ4v) is 3.95. The number of hydrogen-bond acceptors (Lipinski definition) is 7. The number of methoxy groups -OCH3 is 1. The molecule has 2 aromatic rings. The summed E-state index contributed by atoms with van der Waals surface area (Å²) in [4.78, 5) is 21.2. The second kappa shape index (κ2) is 8.73. The number of fused-ring (bicyclic) bond motifs is 1. The van der Waals surface area contributed by atoms with E-state index in [4.69, 9.17) is 14.6 Å². The average molecular weight is 437 g/mol. The van der Waals surface area contributed by atoms with Crippen molar-refractivity contribution in [1.29, 1.82) is 0 Å². The van der Waals surface area contributed by atoms with E-state index in [1.165, 1.54) is 23.2 Å². The van der Waals surface area contributed by atoms with Crippen LogP contribution >= 0.6 is 0 Å². The largest absolute Gasteiger partial charge is 0.490 e. The Morgan fingerprint density at radius 1 is 1.21 bits per heavy atom. The van der Waals surface area contributed by atoms with Crippen molar-refractivity contribution in [3.05, 3.63) is 30.1 Å². The van der Waals surface area contributed by atoms with E-state index in [2.05, 4.69) is 15.0 Å². The summed E-state index contributed by atoms with van der Waals surface area (Å²) in [6.45, 7) is 0.724. The maximum Gasteiger partial charge on any atom is 0.490 e. The van der Waals surface area contributed by atoms with Crippen molar-refractivity contribution in [3.63, 3.8) is 0 Å². The molecule has 160 valence electrons. The van der Waals surface area contributed by atoms with E-state index in [1.54, 1.807) is 18.7 Å². The number of ether oxygens (including phenoxy) is 1. The summed E-state index contributed by atoms with van der Waals surface area (Å²) in [7, 11) is -0.297. The summed E-state index contributed by atoms with van der Waals surface area (Å²) in [6, 6.07) is 0. The fraction of sp³-hybridized carbons (Fsp3) is 0.467. The Morgan fingerprint density at radius 3 is 2.34 bits per heavy atom. The van der Waals surface area contributed by atoms with Crippen LogP contribution in [0.25, 0.3) is 0 Å². The van der Waals surface area contributed by atoms with Gasteiger partial charge in [-0.25, -0.2) is 28.2 Å². The molecule has 0 saturated heterocycles. The summed E-state index contributed by atoms with van der Waals surface area (Å²) in [6.07, 6.45) is 0.397. The molecular formula is C15H18F3N5O5S. The lowest BCUT2D eigenvalue weighted by Gasteiger charge is -2.18. The number of aromatic nitrogens is 4. The first kappa shape index (κ1) is 22.5. The highest BCUT2D eigenvalue weighted by atomic mass is 32.2. The highest BCUT2D eigenvalue weighted by molar-refractivity contribution is 7.89. The van der Waals surface area contributed by atoms with E-state index in [0.29, 0.717) is 31.8 Å². The number of carboxylic acid groups (broad SMARTS) is 1. The van der Waals surface area contributed by atoms with Crippen LogP contribution in [0.3, 0.4) is 0 Å². The molecular weight excluding hydrogens is 419 g/mol. The molecule has 3 rings (SSSR count). The first-order chi connectivity index (χ1) is 13.5. The predicted octanol–water partition coefficient (Wildman–Crippen LogP) is 0.641. The van der Waals surface area contributed by atoms with Gasteiger partial charge in [0.15, 0.2) is 5.03 Å². The maximum atomic E-state index is 12.6. The van der Waals surface area contributed by atoms with E-state index in [1.807, 2.05) is 0 Å². The maximum absolute atomic E-state index is 12.6. The van der Waals surface area contributed by atoms with Gasteiger partial charge in [0.2, 0.25) is 5.88 Å². The van der Waals surface area contributed by atoms with Gasteiger partial charge in [0, 0.05) is 38.3 Å². The topological polar surface area (TPSA) is 128 Å². The SMILES string of the molecule is COc1ncnc2c1CCN(S(=O)(=O)c1cn(C)cn1)CC2.O=C(O)C(F)(F)F. The Labute approximate surface area is 164 Å². The Kier molecular flexibility index (Phi) is 6.79. The Balaban J connectivity index is 0.000000370. The number of imidazole rings is 1. The number of nitrogens with zero attached hydrogens (tertiary/aromatic N) is 5. The van der Waals surface area contributed by atoms with E-state index >= 15 is 0 Å². The molecule has 0 aliphatic carbocycles. The number of halogens is 3. The Bertz CT molecular complexity index is 977. The van der Waals surface area contributed by atoms with Gasteiger partial charge in [-0.1, -0.05) is 0 Å². The lowest BCUT2D eigenvalue weighted by atomic mass is 10.1. The summed E-state index contributed by atoms with van der Waals surface area (Å²) in [5, 5.41) is 7.19. The molecule has 0 fully saturated rings. The quantitative estimate of drug-likeness (QED) is 0.741. The number of aryl methyl sites for hydroxylation is 1. The molecule has 0 amide bonds. The van der Waals surface area contributed by atoms with E-state index in [0.717, 1.165) is 11.3 Å². The van der Waals surface area contributed by atoms with Crippen LogP contribution in [-0.2, 0) is 34.7 Å². The average Bonchev–Trinajstić information content (AvgIpc) is 2.96. The molecule has 0 radical (unpaired) electrons. The highest BCUT2D eigenvalue weighted by Gasteiger charge is 2.38. The van der Waals surface area contributed by atoms with E-state index in [9.17, 15) is 21.6 Å². The standard InChI is InChI=1S/C13H17N5O3S.C2HF3O2/c1-17-7-12(16-9-17)22(19,20)18-5-3-10-11(4-6-18)14-8-15-13(10)21-2;3-2(4,5)1(6)7/h7-9H,3-6H2,1-2H3;(H,6,7). The lowest BCUT2D eigenvalue weighted by molar-refractivity contribution is -0.192. The molecule has 0 bridgehead atoms. The van der Waals surface area contributed by atoms with Crippen LogP contribution in [0.1, 0.15) is 11.3 Å². The van der Waals surface area contributed by atoms with Crippen LogP contribution in [0.15, 0.2) is 23.9 Å². The van der Waals surface area contributed by atoms with Crippen LogP contribution in [0, 0.1) is 0 Å². The Hall–Kier alpha value is -2.74. The number of carboxylic acids is 1. The van der Waals surface area contributed by atoms with Crippen molar-refractivity contribution in [2.24, 2.45) is 7.05 Å². The van der Waals surface area contributed by atoms with Crippen LogP contribution < -0.4 is 4.74 Å². The molecule has 0 atom stereocenters. The van der Waals surface area contributed by atoms with Crippen molar-refractivity contribution >= 4 is 16.0 Å². The van der Waals surface area contributed by atoms with Crippen LogP contribution in [0.5, 0.6) is 5.88 Å². The zero-order valence-corrected chi connectivity index (χ0v) is 16.2. The normalized spacial score (nSPS) is 14.9. The van der Waals surface area contributed by atoms with E-state index in [-0.39, 0.29) is 5.03 Å². The molecule has 2 aromatic heterocycles. The zero-order chi connectivity index (χ0) is 21.8. The first-order valence-corrected chi connectivity index (χ1v) is 9.55. The van der Waals surface area contributed by atoms with Crippen molar-refractivity contribution in [2.45, 2.75) is 24.0 Å². The van der Waals surface area contributed by atoms with Gasteiger partial charge in [-0.15, -0.1) is 0 Å². The minimum atomic E-state index is -5.08. The molecule has 1 N–H and O–H groups in total. The molecule has 0 aromatic carbocycles. The first-order valence-electron chi connectivity index (χ1n) is 8.11. The second-order valence-corrected chi connectivity index (χ2v) is 7.78. The summed E-state index contributed by atoms with van der Waals surface area (Å²) in [5.41, 5.74) is 1.72. The van der Waals surface area contributed by atoms with E-state index < -0.39 is 22.2 Å². The third-order valence-corrected chi connectivity index (χ3v) is 5.71. The summed E-state index contributed by atoms with van der Waals surface area (Å²) < 4.78 is 65.3. The third-order valence-electron chi connectivity index (χ3n) is 3.93. The minimum Gasteiger partial charge on any atom is -0.481 e. The van der Waals surface area contributed by atoms with Crippen LogP contribution in [0.4, 0.5) is 13.2 Å². The predicted molar refractivity (Wildman–Crippen MR) is 91.6 cm³/mol. The fourth-order valence-electron chi connectivity index (χ4n) is 2.55. The van der Waals surface area contributed by atoms with Crippen LogP contribution in [-0.4, -0.2) is 69.7 Å². The summed E-state index contributed by atoms with van der Waals surface area (Å²) in [5.74, 6) is -2.24. The van der Waals surface area contributed by atoms with Crippen molar-refractivity contribution in [2.75, 3.05) is 20.2 Å². The molecule has 14 heteroatoms. The third kappa shape index (κ3) is 5.41. The molecule has 1 aliphatic heterocycles. The minimum absolute atomic E-state index is 0.0685. The number of carbonyl (C=O) groups is 1. The molecule has 1 aliphatic rings. The lowest BCUT2D eigenvalue weighted by Crippen LogP contribution is -2.33.